The molecule has 2 spiro atoms. The monoisotopic (exact) mass is 704 g/mol. The van der Waals surface area contributed by atoms with Gasteiger partial charge in [-0.25, -0.2) is 4.79 Å². The first-order valence-corrected chi connectivity index (χ1v) is 18.7. The standard InChI is InChI=1S/C42H51F3N2O4/c1-5-22-47(36(50)46-27(2)28-10-7-6-8-11-28)26-40(51)19-16-34-38(40,4)18-15-33-37(3)17-14-31(48)24-39(37)20-21-41(33,34)32(25-39)35(49)29-12-9-13-30(23-29)42(43,44)45/h6-13,20-21,23,25,27,31,33-34,48,51H,5,14-19,22,24,26H2,1-4H3,(H,46,50). The number of nitrogens with zero attached hydrogens (tertiary/aromatic N) is 1. The molecule has 6 nitrogen and oxygen atoms in total. The van der Waals surface area contributed by atoms with Gasteiger partial charge in [0.1, 0.15) is 0 Å². The molecule has 0 heterocycles. The number of carbonyl (C=O) groups is 2. The highest BCUT2D eigenvalue weighted by molar-refractivity contribution is 6.10. The third-order valence-electron chi connectivity index (χ3n) is 14.3. The Labute approximate surface area is 299 Å². The fourth-order valence-electron chi connectivity index (χ4n) is 11.5. The molecule has 2 aromatic rings. The van der Waals surface area contributed by atoms with E-state index >= 15 is 0 Å². The van der Waals surface area contributed by atoms with Crippen LogP contribution in [0.25, 0.3) is 0 Å². The van der Waals surface area contributed by atoms with Crippen molar-refractivity contribution in [2.45, 2.75) is 103 Å². The number of Topliss-reactive ketones (excluding diaryl/α,β-unsaturated/α-hetero) is 1. The number of allylic oxidation sites excluding steroid dienone is 4. The highest BCUT2D eigenvalue weighted by atomic mass is 19.4. The molecule has 9 atom stereocenters. The van der Waals surface area contributed by atoms with Crippen LogP contribution < -0.4 is 5.32 Å². The van der Waals surface area contributed by atoms with Gasteiger partial charge in [-0.2, -0.15) is 13.2 Å². The van der Waals surface area contributed by atoms with Crippen molar-refractivity contribution in [1.82, 2.24) is 10.2 Å². The van der Waals surface area contributed by atoms with Crippen molar-refractivity contribution < 1.29 is 33.0 Å². The van der Waals surface area contributed by atoms with Crippen LogP contribution in [0.15, 0.2) is 78.4 Å². The van der Waals surface area contributed by atoms with Gasteiger partial charge in [-0.1, -0.05) is 81.5 Å². The summed E-state index contributed by atoms with van der Waals surface area (Å²) < 4.78 is 41.6. The quantitative estimate of drug-likeness (QED) is 0.190. The van der Waals surface area contributed by atoms with Gasteiger partial charge in [0.25, 0.3) is 0 Å². The number of urea groups is 1. The van der Waals surface area contributed by atoms with Gasteiger partial charge in [0.05, 0.1) is 29.9 Å². The fourth-order valence-corrected chi connectivity index (χ4v) is 11.5. The van der Waals surface area contributed by atoms with Crippen molar-refractivity contribution in [1.29, 1.82) is 0 Å². The Hall–Kier alpha value is -3.43. The van der Waals surface area contributed by atoms with E-state index < -0.39 is 45.5 Å². The number of aliphatic hydroxyl groups is 2. The zero-order valence-corrected chi connectivity index (χ0v) is 30.1. The van der Waals surface area contributed by atoms with Crippen LogP contribution in [0.3, 0.4) is 0 Å². The third-order valence-corrected chi connectivity index (χ3v) is 14.3. The van der Waals surface area contributed by atoms with E-state index in [0.717, 1.165) is 24.1 Å². The van der Waals surface area contributed by atoms with E-state index in [1.807, 2.05) is 50.3 Å². The van der Waals surface area contributed by atoms with Crippen LogP contribution in [-0.2, 0) is 6.18 Å². The Morgan fingerprint density at radius 2 is 1.65 bits per heavy atom. The molecule has 6 aliphatic rings. The first kappa shape index (κ1) is 36.0. The Morgan fingerprint density at radius 3 is 2.35 bits per heavy atom. The fraction of sp³-hybridized carbons (Fsp3) is 0.571. The van der Waals surface area contributed by atoms with E-state index in [2.05, 4.69) is 31.3 Å². The first-order chi connectivity index (χ1) is 24.0. The van der Waals surface area contributed by atoms with Gasteiger partial charge < -0.3 is 20.4 Å². The summed E-state index contributed by atoms with van der Waals surface area (Å²) in [5.41, 5.74) is -3.03. The number of rotatable bonds is 8. The smallest absolute Gasteiger partial charge is 0.393 e. The van der Waals surface area contributed by atoms with E-state index in [-0.39, 0.29) is 41.4 Å². The van der Waals surface area contributed by atoms with Crippen molar-refractivity contribution in [3.05, 3.63) is 95.1 Å². The zero-order valence-electron chi connectivity index (χ0n) is 30.1. The molecule has 2 amide bonds. The maximum Gasteiger partial charge on any atom is 0.416 e. The minimum Gasteiger partial charge on any atom is -0.393 e. The number of alkyl halides is 3. The molecule has 2 aromatic carbocycles. The SMILES string of the molecule is CCCN(CC1(O)CCC2C34C=CC5(C=C3C(=O)c3cccc(C(F)(F)F)c3)CC(O)CCC5(C)C4CCC21C)C(=O)NC(C)c1ccccc1. The van der Waals surface area contributed by atoms with E-state index in [4.69, 9.17) is 0 Å². The summed E-state index contributed by atoms with van der Waals surface area (Å²) in [5, 5.41) is 26.9. The van der Waals surface area contributed by atoms with Gasteiger partial charge in [-0.05, 0) is 93.2 Å². The summed E-state index contributed by atoms with van der Waals surface area (Å²) in [7, 11) is 0. The second kappa shape index (κ2) is 12.3. The van der Waals surface area contributed by atoms with Gasteiger partial charge >= 0.3 is 12.2 Å². The van der Waals surface area contributed by atoms with Crippen LogP contribution in [0.4, 0.5) is 18.0 Å². The van der Waals surface area contributed by atoms with Crippen LogP contribution in [0.2, 0.25) is 0 Å². The maximum absolute atomic E-state index is 14.7. The van der Waals surface area contributed by atoms with E-state index in [1.165, 1.54) is 12.1 Å². The molecule has 0 radical (unpaired) electrons. The lowest BCUT2D eigenvalue weighted by atomic mass is 9.32. The van der Waals surface area contributed by atoms with Crippen LogP contribution in [-0.4, -0.2) is 51.7 Å². The highest BCUT2D eigenvalue weighted by Crippen LogP contribution is 2.78. The lowest BCUT2D eigenvalue weighted by Crippen LogP contribution is -2.67. The van der Waals surface area contributed by atoms with Crippen LogP contribution in [0, 0.1) is 33.5 Å². The topological polar surface area (TPSA) is 89.9 Å². The van der Waals surface area contributed by atoms with Crippen LogP contribution in [0.5, 0.6) is 0 Å². The Morgan fingerprint density at radius 1 is 0.961 bits per heavy atom. The second-order valence-corrected chi connectivity index (χ2v) is 16.7. The molecule has 51 heavy (non-hydrogen) atoms. The van der Waals surface area contributed by atoms with Gasteiger partial charge in [0.2, 0.25) is 0 Å². The predicted octanol–water partition coefficient (Wildman–Crippen LogP) is 8.66. The molecule has 6 aliphatic carbocycles. The largest absolute Gasteiger partial charge is 0.416 e. The molecule has 8 rings (SSSR count). The van der Waals surface area contributed by atoms with E-state index in [0.29, 0.717) is 57.1 Å². The van der Waals surface area contributed by atoms with Crippen molar-refractivity contribution >= 4 is 11.8 Å². The number of hydrogen-bond donors (Lipinski definition) is 3. The van der Waals surface area contributed by atoms with Crippen molar-refractivity contribution in [2.24, 2.45) is 33.5 Å². The number of benzene rings is 2. The molecule has 274 valence electrons. The molecular weight excluding hydrogens is 653 g/mol. The summed E-state index contributed by atoms with van der Waals surface area (Å²) in [6.45, 7) is 8.93. The normalized spacial score (nSPS) is 37.1. The van der Waals surface area contributed by atoms with Crippen molar-refractivity contribution in [3.63, 3.8) is 0 Å². The number of nitrogens with one attached hydrogen (secondary N) is 1. The second-order valence-electron chi connectivity index (χ2n) is 16.7. The van der Waals surface area contributed by atoms with Crippen molar-refractivity contribution in [3.8, 4) is 0 Å². The zero-order chi connectivity index (χ0) is 36.6. The molecule has 0 aromatic heterocycles. The summed E-state index contributed by atoms with van der Waals surface area (Å²) in [5.74, 6) is -0.610. The summed E-state index contributed by atoms with van der Waals surface area (Å²) in [6, 6.07) is 14.0. The van der Waals surface area contributed by atoms with Gasteiger partial charge in [0.15, 0.2) is 5.78 Å². The Bertz CT molecular complexity index is 1760. The molecule has 9 heteroatoms. The molecule has 0 aliphatic heterocycles. The van der Waals surface area contributed by atoms with Crippen LogP contribution in [0.1, 0.15) is 107 Å². The predicted molar refractivity (Wildman–Crippen MR) is 190 cm³/mol. The van der Waals surface area contributed by atoms with Gasteiger partial charge in [-0.3, -0.25) is 4.79 Å². The maximum atomic E-state index is 14.7. The average molecular weight is 705 g/mol. The molecule has 2 bridgehead atoms. The Balaban J connectivity index is 1.27. The molecule has 0 saturated heterocycles. The number of halogens is 3. The minimum absolute atomic E-state index is 0.000519. The number of hydrogen-bond acceptors (Lipinski definition) is 4. The number of fused-ring (bicyclic) bond motifs is 1. The molecule has 3 fully saturated rings. The van der Waals surface area contributed by atoms with E-state index in [9.17, 15) is 33.0 Å². The minimum atomic E-state index is -4.59. The molecule has 3 saturated carbocycles. The molecular formula is C42H51F3N2O4. The number of aliphatic hydroxyl groups excluding tert-OH is 1. The first-order valence-electron chi connectivity index (χ1n) is 18.7. The van der Waals surface area contributed by atoms with Gasteiger partial charge in [-0.15, -0.1) is 0 Å². The Kier molecular flexibility index (Phi) is 8.69. The summed E-state index contributed by atoms with van der Waals surface area (Å²) >= 11 is 0. The summed E-state index contributed by atoms with van der Waals surface area (Å²) in [6.07, 6.45) is 6.25. The van der Waals surface area contributed by atoms with Crippen molar-refractivity contribution in [2.75, 3.05) is 13.1 Å². The molecule has 3 N–H and O–H groups in total. The molecule has 9 unspecified atom stereocenters. The van der Waals surface area contributed by atoms with Gasteiger partial charge in [0, 0.05) is 33.9 Å². The highest BCUT2D eigenvalue weighted by Gasteiger charge is 2.74. The number of carbonyl (C=O) groups excluding carboxylic acids is 2. The number of ketones is 1. The van der Waals surface area contributed by atoms with E-state index in [1.54, 1.807) is 4.90 Å². The third kappa shape index (κ3) is 5.34. The van der Waals surface area contributed by atoms with Crippen LogP contribution >= 0.6 is 0 Å². The summed E-state index contributed by atoms with van der Waals surface area (Å²) in [4.78, 5) is 30.3. The number of amides is 2. The lowest BCUT2D eigenvalue weighted by molar-refractivity contribution is -0.174. The lowest BCUT2D eigenvalue weighted by Gasteiger charge is -2.71. The average Bonchev–Trinajstić information content (AvgIpc) is 3.37.